The number of ether oxygens (including phenoxy) is 2. The van der Waals surface area contributed by atoms with Crippen LogP contribution in [0.3, 0.4) is 0 Å². The fourth-order valence-corrected chi connectivity index (χ4v) is 2.14. The molecule has 1 aliphatic heterocycles. The predicted octanol–water partition coefficient (Wildman–Crippen LogP) is 2.92. The van der Waals surface area contributed by atoms with Gasteiger partial charge in [0.05, 0.1) is 12.7 Å². The van der Waals surface area contributed by atoms with Crippen LogP contribution >= 0.6 is 11.6 Å². The predicted molar refractivity (Wildman–Crippen MR) is 66.0 cm³/mol. The summed E-state index contributed by atoms with van der Waals surface area (Å²) in [5.41, 5.74) is 0.888. The molecule has 17 heavy (non-hydrogen) atoms. The molecule has 0 saturated carbocycles. The molecule has 1 fully saturated rings. The second kappa shape index (κ2) is 6.36. The number of aliphatic hydroxyl groups is 1. The van der Waals surface area contributed by atoms with Gasteiger partial charge in [-0.15, -0.1) is 0 Å². The van der Waals surface area contributed by atoms with Crippen molar-refractivity contribution in [3.63, 3.8) is 0 Å². The minimum atomic E-state index is -0.345. The number of hydrogen-bond acceptors (Lipinski definition) is 3. The van der Waals surface area contributed by atoms with Gasteiger partial charge in [0.15, 0.2) is 6.29 Å². The fraction of sp³-hybridized carbons (Fsp3) is 0.538. The Morgan fingerprint density at radius 3 is 2.88 bits per heavy atom. The summed E-state index contributed by atoms with van der Waals surface area (Å²) < 4.78 is 11.4. The van der Waals surface area contributed by atoms with E-state index >= 15 is 0 Å². The Hall–Kier alpha value is -0.610. The summed E-state index contributed by atoms with van der Waals surface area (Å²) >= 11 is 6.09. The standard InChI is InChI=1S/C13H17ClO3/c14-12-7-2-1-6-11(12)13-16-9-10(17-13)5-3-4-8-15/h1-2,6-7,10,13,15H,3-5,8-9H2/t10-,13-/m0/s1. The lowest BCUT2D eigenvalue weighted by Gasteiger charge is -2.12. The van der Waals surface area contributed by atoms with Crippen molar-refractivity contribution in [3.8, 4) is 0 Å². The number of aliphatic hydroxyl groups excluding tert-OH is 1. The van der Waals surface area contributed by atoms with Gasteiger partial charge in [0.1, 0.15) is 0 Å². The van der Waals surface area contributed by atoms with E-state index in [0.29, 0.717) is 11.6 Å². The molecule has 1 aliphatic rings. The van der Waals surface area contributed by atoms with E-state index in [-0.39, 0.29) is 19.0 Å². The maximum Gasteiger partial charge on any atom is 0.185 e. The van der Waals surface area contributed by atoms with E-state index in [4.69, 9.17) is 26.2 Å². The van der Waals surface area contributed by atoms with E-state index in [1.165, 1.54) is 0 Å². The summed E-state index contributed by atoms with van der Waals surface area (Å²) in [6.07, 6.45) is 2.46. The van der Waals surface area contributed by atoms with Gasteiger partial charge in [0.2, 0.25) is 0 Å². The Bertz CT molecular complexity index is 356. The van der Waals surface area contributed by atoms with Gasteiger partial charge in [-0.1, -0.05) is 29.8 Å². The first-order valence-corrected chi connectivity index (χ1v) is 6.31. The monoisotopic (exact) mass is 256 g/mol. The van der Waals surface area contributed by atoms with Gasteiger partial charge >= 0.3 is 0 Å². The van der Waals surface area contributed by atoms with Crippen molar-refractivity contribution >= 4 is 11.6 Å². The molecule has 0 aromatic heterocycles. The highest BCUT2D eigenvalue weighted by Gasteiger charge is 2.27. The van der Waals surface area contributed by atoms with Gasteiger partial charge < -0.3 is 14.6 Å². The summed E-state index contributed by atoms with van der Waals surface area (Å²) in [6.45, 7) is 0.836. The third-order valence-electron chi connectivity index (χ3n) is 2.84. The van der Waals surface area contributed by atoms with Crippen molar-refractivity contribution < 1.29 is 14.6 Å². The summed E-state index contributed by atoms with van der Waals surface area (Å²) in [7, 11) is 0. The van der Waals surface area contributed by atoms with Crippen LogP contribution in [-0.2, 0) is 9.47 Å². The zero-order valence-corrected chi connectivity index (χ0v) is 10.4. The molecule has 0 amide bonds. The highest BCUT2D eigenvalue weighted by atomic mass is 35.5. The second-order valence-electron chi connectivity index (χ2n) is 4.16. The summed E-state index contributed by atoms with van der Waals surface area (Å²) in [4.78, 5) is 0. The van der Waals surface area contributed by atoms with Crippen molar-refractivity contribution in [2.24, 2.45) is 0 Å². The minimum Gasteiger partial charge on any atom is -0.396 e. The van der Waals surface area contributed by atoms with Crippen LogP contribution in [0.2, 0.25) is 5.02 Å². The van der Waals surface area contributed by atoms with Gasteiger partial charge in [-0.05, 0) is 25.3 Å². The highest BCUT2D eigenvalue weighted by Crippen LogP contribution is 2.32. The molecule has 1 N–H and O–H groups in total. The minimum absolute atomic E-state index is 0.114. The van der Waals surface area contributed by atoms with Crippen LogP contribution in [0.4, 0.5) is 0 Å². The van der Waals surface area contributed by atoms with E-state index in [1.807, 2.05) is 24.3 Å². The van der Waals surface area contributed by atoms with E-state index in [9.17, 15) is 0 Å². The molecule has 1 aromatic carbocycles. The molecular formula is C13H17ClO3. The first-order chi connectivity index (χ1) is 8.31. The number of benzene rings is 1. The van der Waals surface area contributed by atoms with Crippen LogP contribution in [0.1, 0.15) is 31.1 Å². The lowest BCUT2D eigenvalue weighted by molar-refractivity contribution is -0.0613. The molecule has 0 radical (unpaired) electrons. The molecule has 0 spiro atoms. The first kappa shape index (κ1) is 12.8. The zero-order valence-electron chi connectivity index (χ0n) is 9.64. The quantitative estimate of drug-likeness (QED) is 0.824. The van der Waals surface area contributed by atoms with Crippen LogP contribution in [0.25, 0.3) is 0 Å². The SMILES string of the molecule is OCCCC[C@H]1CO[C@H](c2ccccc2Cl)O1. The summed E-state index contributed by atoms with van der Waals surface area (Å²) in [5.74, 6) is 0. The molecule has 4 heteroatoms. The molecule has 1 aromatic rings. The lowest BCUT2D eigenvalue weighted by atomic mass is 10.2. The summed E-state index contributed by atoms with van der Waals surface area (Å²) in [5, 5.41) is 9.39. The Labute approximate surface area is 106 Å². The van der Waals surface area contributed by atoms with Crippen LogP contribution in [0.15, 0.2) is 24.3 Å². The van der Waals surface area contributed by atoms with Crippen molar-refractivity contribution in [1.82, 2.24) is 0 Å². The molecule has 1 heterocycles. The van der Waals surface area contributed by atoms with Crippen molar-refractivity contribution in [1.29, 1.82) is 0 Å². The molecule has 1 saturated heterocycles. The van der Waals surface area contributed by atoms with Crippen molar-refractivity contribution in [2.45, 2.75) is 31.7 Å². The molecule has 3 nitrogen and oxygen atoms in total. The van der Waals surface area contributed by atoms with Gasteiger partial charge in [-0.3, -0.25) is 0 Å². The third-order valence-corrected chi connectivity index (χ3v) is 3.19. The lowest BCUT2D eigenvalue weighted by Crippen LogP contribution is -2.09. The third kappa shape index (κ3) is 3.42. The van der Waals surface area contributed by atoms with Crippen molar-refractivity contribution in [3.05, 3.63) is 34.9 Å². The maximum absolute atomic E-state index is 8.72. The van der Waals surface area contributed by atoms with E-state index in [2.05, 4.69) is 0 Å². The Morgan fingerprint density at radius 1 is 1.29 bits per heavy atom. The topological polar surface area (TPSA) is 38.7 Å². The Morgan fingerprint density at radius 2 is 2.12 bits per heavy atom. The Kier molecular flexibility index (Phi) is 4.80. The van der Waals surface area contributed by atoms with Crippen LogP contribution in [-0.4, -0.2) is 24.4 Å². The van der Waals surface area contributed by atoms with Gasteiger partial charge in [-0.2, -0.15) is 0 Å². The Balaban J connectivity index is 1.87. The molecular weight excluding hydrogens is 240 g/mol. The molecule has 2 atom stereocenters. The molecule has 0 unspecified atom stereocenters. The van der Waals surface area contributed by atoms with E-state index in [1.54, 1.807) is 0 Å². The number of hydrogen-bond donors (Lipinski definition) is 1. The van der Waals surface area contributed by atoms with Gasteiger partial charge in [0.25, 0.3) is 0 Å². The highest BCUT2D eigenvalue weighted by molar-refractivity contribution is 6.31. The fourth-order valence-electron chi connectivity index (χ4n) is 1.91. The summed E-state index contributed by atoms with van der Waals surface area (Å²) in [6, 6.07) is 7.57. The zero-order chi connectivity index (χ0) is 12.1. The van der Waals surface area contributed by atoms with Crippen LogP contribution < -0.4 is 0 Å². The van der Waals surface area contributed by atoms with Crippen LogP contribution in [0, 0.1) is 0 Å². The number of rotatable bonds is 5. The van der Waals surface area contributed by atoms with Crippen molar-refractivity contribution in [2.75, 3.05) is 13.2 Å². The number of halogens is 1. The largest absolute Gasteiger partial charge is 0.396 e. The molecule has 2 rings (SSSR count). The molecule has 0 aliphatic carbocycles. The smallest absolute Gasteiger partial charge is 0.185 e. The van der Waals surface area contributed by atoms with Gasteiger partial charge in [0, 0.05) is 17.2 Å². The second-order valence-corrected chi connectivity index (χ2v) is 4.57. The normalized spacial score (nSPS) is 24.1. The average molecular weight is 257 g/mol. The van der Waals surface area contributed by atoms with Crippen LogP contribution in [0.5, 0.6) is 0 Å². The van der Waals surface area contributed by atoms with E-state index < -0.39 is 0 Å². The molecule has 94 valence electrons. The van der Waals surface area contributed by atoms with Gasteiger partial charge in [-0.25, -0.2) is 0 Å². The first-order valence-electron chi connectivity index (χ1n) is 5.93. The average Bonchev–Trinajstić information content (AvgIpc) is 2.79. The molecule has 0 bridgehead atoms. The maximum atomic E-state index is 8.72. The van der Waals surface area contributed by atoms with E-state index in [0.717, 1.165) is 24.8 Å². The number of unbranched alkanes of at least 4 members (excludes halogenated alkanes) is 1.